The number of aromatic nitrogens is 2. The summed E-state index contributed by atoms with van der Waals surface area (Å²) in [6.45, 7) is 0.655. The van der Waals surface area contributed by atoms with Crippen molar-refractivity contribution in [2.75, 3.05) is 6.54 Å². The van der Waals surface area contributed by atoms with E-state index >= 15 is 0 Å². The van der Waals surface area contributed by atoms with E-state index in [2.05, 4.69) is 16.0 Å². The first kappa shape index (κ1) is 19.6. The van der Waals surface area contributed by atoms with E-state index in [0.717, 1.165) is 36.1 Å². The maximum Gasteiger partial charge on any atom is 0.247 e. The quantitative estimate of drug-likeness (QED) is 0.636. The average Bonchev–Trinajstić information content (AvgIpc) is 3.28. The van der Waals surface area contributed by atoms with Crippen LogP contribution >= 0.6 is 0 Å². The molecule has 1 aliphatic heterocycles. The Balaban J connectivity index is 1.54. The van der Waals surface area contributed by atoms with Crippen molar-refractivity contribution < 1.29 is 9.18 Å². The van der Waals surface area contributed by atoms with Gasteiger partial charge >= 0.3 is 0 Å². The summed E-state index contributed by atoms with van der Waals surface area (Å²) in [5, 5.41) is 9.02. The predicted molar refractivity (Wildman–Crippen MR) is 112 cm³/mol. The molecular weight excluding hydrogens is 379 g/mol. The predicted octanol–water partition coefficient (Wildman–Crippen LogP) is 4.85. The van der Waals surface area contributed by atoms with Gasteiger partial charge in [0, 0.05) is 18.2 Å². The summed E-state index contributed by atoms with van der Waals surface area (Å²) in [7, 11) is 0. The molecule has 150 valence electrons. The van der Waals surface area contributed by atoms with E-state index in [1.807, 2.05) is 17.0 Å². The van der Waals surface area contributed by atoms with Crippen LogP contribution in [0.4, 0.5) is 4.39 Å². The van der Waals surface area contributed by atoms with E-state index in [4.69, 9.17) is 5.26 Å². The summed E-state index contributed by atoms with van der Waals surface area (Å²) in [6, 6.07) is 15.4. The molecule has 1 aliphatic rings. The minimum Gasteiger partial charge on any atom is -0.340 e. The number of halogens is 1. The summed E-state index contributed by atoms with van der Waals surface area (Å²) in [5.74, 6) is 0.316. The second kappa shape index (κ2) is 8.75. The lowest BCUT2D eigenvalue weighted by Gasteiger charge is -2.33. The van der Waals surface area contributed by atoms with Gasteiger partial charge in [-0.15, -0.1) is 0 Å². The first-order valence-electron chi connectivity index (χ1n) is 9.94. The van der Waals surface area contributed by atoms with Gasteiger partial charge in [0.15, 0.2) is 0 Å². The fourth-order valence-electron chi connectivity index (χ4n) is 3.76. The van der Waals surface area contributed by atoms with Crippen LogP contribution < -0.4 is 0 Å². The Labute approximate surface area is 174 Å². The van der Waals surface area contributed by atoms with Crippen molar-refractivity contribution in [3.63, 3.8) is 0 Å². The fourth-order valence-corrected chi connectivity index (χ4v) is 3.76. The molecule has 0 saturated carbocycles. The lowest BCUT2D eigenvalue weighted by Crippen LogP contribution is -2.38. The van der Waals surface area contributed by atoms with Gasteiger partial charge in [0.05, 0.1) is 29.6 Å². The minimum absolute atomic E-state index is 0.0919. The smallest absolute Gasteiger partial charge is 0.247 e. The molecule has 0 aliphatic carbocycles. The Morgan fingerprint density at radius 3 is 2.93 bits per heavy atom. The van der Waals surface area contributed by atoms with E-state index in [1.54, 1.807) is 42.6 Å². The third-order valence-electron chi connectivity index (χ3n) is 5.27. The van der Waals surface area contributed by atoms with Gasteiger partial charge in [0.25, 0.3) is 0 Å². The Kier molecular flexibility index (Phi) is 5.71. The van der Waals surface area contributed by atoms with Crippen LogP contribution in [0.2, 0.25) is 0 Å². The highest BCUT2D eigenvalue weighted by molar-refractivity contribution is 5.92. The number of aromatic amines is 1. The van der Waals surface area contributed by atoms with Gasteiger partial charge in [0.2, 0.25) is 5.91 Å². The van der Waals surface area contributed by atoms with Gasteiger partial charge in [-0.25, -0.2) is 9.37 Å². The number of imidazole rings is 1. The highest BCUT2D eigenvalue weighted by atomic mass is 19.1. The molecular formula is C24H21FN4O. The van der Waals surface area contributed by atoms with Crippen molar-refractivity contribution in [2.45, 2.75) is 25.3 Å². The summed E-state index contributed by atoms with van der Waals surface area (Å²) >= 11 is 0. The maximum absolute atomic E-state index is 13.5. The molecule has 5 nitrogen and oxygen atoms in total. The summed E-state index contributed by atoms with van der Waals surface area (Å²) in [5.41, 5.74) is 2.81. The number of amides is 1. The van der Waals surface area contributed by atoms with E-state index < -0.39 is 0 Å². The number of piperidine rings is 1. The van der Waals surface area contributed by atoms with Crippen LogP contribution in [0, 0.1) is 17.1 Å². The Morgan fingerprint density at radius 2 is 2.10 bits per heavy atom. The van der Waals surface area contributed by atoms with Crippen molar-refractivity contribution in [1.82, 2.24) is 14.9 Å². The Morgan fingerprint density at radius 1 is 1.23 bits per heavy atom. The van der Waals surface area contributed by atoms with E-state index in [1.165, 1.54) is 12.1 Å². The topological polar surface area (TPSA) is 72.8 Å². The number of nitriles is 1. The number of likely N-dealkylation sites (tertiary alicyclic amines) is 1. The lowest BCUT2D eigenvalue weighted by molar-refractivity contribution is -0.129. The molecule has 30 heavy (non-hydrogen) atoms. The molecule has 1 atom stereocenters. The van der Waals surface area contributed by atoms with Gasteiger partial charge in [0.1, 0.15) is 11.6 Å². The molecule has 1 aromatic heterocycles. The number of rotatable bonds is 4. The van der Waals surface area contributed by atoms with Crippen LogP contribution in [0.15, 0.2) is 60.8 Å². The van der Waals surface area contributed by atoms with Crippen LogP contribution in [0.3, 0.4) is 0 Å². The van der Waals surface area contributed by atoms with Crippen LogP contribution in [-0.2, 0) is 4.79 Å². The second-order valence-electron chi connectivity index (χ2n) is 7.31. The van der Waals surface area contributed by atoms with Crippen molar-refractivity contribution in [1.29, 1.82) is 5.26 Å². The number of carbonyl (C=O) groups excluding carboxylic acids is 1. The van der Waals surface area contributed by atoms with Gasteiger partial charge in [-0.3, -0.25) is 4.79 Å². The zero-order valence-corrected chi connectivity index (χ0v) is 16.4. The summed E-state index contributed by atoms with van der Waals surface area (Å²) < 4.78 is 13.5. The third kappa shape index (κ3) is 4.31. The standard InChI is InChI=1S/C24H21FN4O/c25-20-8-4-7-19(14-20)21-16-27-24(28-21)22-9-1-2-12-29(22)23(30)11-10-17-5-3-6-18(13-17)15-26/h3-8,10-11,13-14,16,22H,1-2,9,12H2,(H,27,28)/b11-10+. The van der Waals surface area contributed by atoms with E-state index in [9.17, 15) is 9.18 Å². The normalized spacial score (nSPS) is 16.5. The maximum atomic E-state index is 13.5. The molecule has 2 aromatic carbocycles. The number of hydrogen-bond donors (Lipinski definition) is 1. The Hall–Kier alpha value is -3.72. The number of hydrogen-bond acceptors (Lipinski definition) is 3. The number of nitrogens with zero attached hydrogens (tertiary/aromatic N) is 3. The van der Waals surface area contributed by atoms with Gasteiger partial charge < -0.3 is 9.88 Å². The molecule has 2 heterocycles. The molecule has 1 unspecified atom stereocenters. The molecule has 1 saturated heterocycles. The van der Waals surface area contributed by atoms with E-state index in [-0.39, 0.29) is 17.8 Å². The summed E-state index contributed by atoms with van der Waals surface area (Å²) in [4.78, 5) is 22.5. The largest absolute Gasteiger partial charge is 0.340 e. The first-order chi connectivity index (χ1) is 14.6. The second-order valence-corrected chi connectivity index (χ2v) is 7.31. The third-order valence-corrected chi connectivity index (χ3v) is 5.27. The molecule has 0 bridgehead atoms. The number of carbonyl (C=O) groups is 1. The monoisotopic (exact) mass is 400 g/mol. The SMILES string of the molecule is N#Cc1cccc(/C=C/C(=O)N2CCCCC2c2ncc(-c3cccc(F)c3)[nH]2)c1. The van der Waals surface area contributed by atoms with Crippen molar-refractivity contribution >= 4 is 12.0 Å². The number of H-pyrrole nitrogens is 1. The van der Waals surface area contributed by atoms with Crippen LogP contribution in [-0.4, -0.2) is 27.3 Å². The van der Waals surface area contributed by atoms with E-state index in [0.29, 0.717) is 17.9 Å². The first-order valence-corrected chi connectivity index (χ1v) is 9.94. The number of nitrogens with one attached hydrogen (secondary N) is 1. The van der Waals surface area contributed by atoms with Gasteiger partial charge in [-0.05, 0) is 55.2 Å². The molecule has 4 rings (SSSR count). The highest BCUT2D eigenvalue weighted by Crippen LogP contribution is 2.31. The molecule has 0 spiro atoms. The molecule has 1 amide bonds. The van der Waals surface area contributed by atoms with Crippen molar-refractivity contribution in [2.24, 2.45) is 0 Å². The molecule has 1 fully saturated rings. The highest BCUT2D eigenvalue weighted by Gasteiger charge is 2.29. The van der Waals surface area contributed by atoms with Crippen molar-refractivity contribution in [3.8, 4) is 17.3 Å². The van der Waals surface area contributed by atoms with Gasteiger partial charge in [-0.1, -0.05) is 24.3 Å². The molecule has 6 heteroatoms. The van der Waals surface area contributed by atoms with Crippen LogP contribution in [0.25, 0.3) is 17.3 Å². The molecule has 0 radical (unpaired) electrons. The molecule has 1 N–H and O–H groups in total. The van der Waals surface area contributed by atoms with Crippen LogP contribution in [0.1, 0.15) is 42.3 Å². The minimum atomic E-state index is -0.302. The average molecular weight is 400 g/mol. The zero-order valence-electron chi connectivity index (χ0n) is 16.4. The molecule has 3 aromatic rings. The fraction of sp³-hybridized carbons (Fsp3) is 0.208. The number of benzene rings is 2. The van der Waals surface area contributed by atoms with Crippen molar-refractivity contribution in [3.05, 3.63) is 83.6 Å². The zero-order chi connectivity index (χ0) is 20.9. The summed E-state index contributed by atoms with van der Waals surface area (Å²) in [6.07, 6.45) is 7.74. The lowest BCUT2D eigenvalue weighted by atomic mass is 10.0. The van der Waals surface area contributed by atoms with Crippen LogP contribution in [0.5, 0.6) is 0 Å². The van der Waals surface area contributed by atoms with Gasteiger partial charge in [-0.2, -0.15) is 5.26 Å². The Bertz CT molecular complexity index is 1130.